The molecule has 0 fully saturated rings. The van der Waals surface area contributed by atoms with Crippen molar-refractivity contribution in [2.75, 3.05) is 21.3 Å². The second-order valence-corrected chi connectivity index (χ2v) is 29.6. The summed E-state index contributed by atoms with van der Waals surface area (Å²) in [6, 6.07) is 91.4. The van der Waals surface area contributed by atoms with E-state index in [4.69, 9.17) is 21.1 Å². The molecule has 0 saturated heterocycles. The first-order valence-corrected chi connectivity index (χ1v) is 39.7. The lowest BCUT2D eigenvalue weighted by Crippen LogP contribution is -2.36. The van der Waals surface area contributed by atoms with Gasteiger partial charge >= 0.3 is 0 Å². The van der Waals surface area contributed by atoms with E-state index in [9.17, 15) is 9.59 Å². The molecular formula is C102H74N16O5. The predicted octanol–water partition coefficient (Wildman–Crippen LogP) is 20.2. The third kappa shape index (κ3) is 14.7. The molecule has 8 bridgehead atoms. The number of ether oxygens (including phenoxy) is 1. The second-order valence-electron chi connectivity index (χ2n) is 29.6. The first-order valence-electron chi connectivity index (χ1n) is 39.7. The van der Waals surface area contributed by atoms with Crippen molar-refractivity contribution >= 4 is 92.7 Å². The number of fused-ring (bicyclic) bond motifs is 8. The number of aryl methyl sites for hydroxylation is 2. The van der Waals surface area contributed by atoms with Crippen molar-refractivity contribution < 1.29 is 23.9 Å². The maximum atomic E-state index is 15.8. The average molecular weight is 1600 g/mol. The summed E-state index contributed by atoms with van der Waals surface area (Å²) in [6.07, 6.45) is 26.4. The Bertz CT molecular complexity index is 7190. The zero-order valence-corrected chi connectivity index (χ0v) is 66.4. The zero-order valence-electron chi connectivity index (χ0n) is 66.4. The Morgan fingerprint density at radius 2 is 0.789 bits per heavy atom. The van der Waals surface area contributed by atoms with Crippen molar-refractivity contribution in [3.8, 4) is 79.5 Å². The van der Waals surface area contributed by atoms with Crippen LogP contribution in [0.2, 0.25) is 0 Å². The number of rotatable bonds is 21. The van der Waals surface area contributed by atoms with Crippen LogP contribution in [0, 0.1) is 12.3 Å². The fourth-order valence-electron chi connectivity index (χ4n) is 16.2. The van der Waals surface area contributed by atoms with E-state index in [1.165, 1.54) is 18.6 Å². The van der Waals surface area contributed by atoms with Crippen LogP contribution < -0.4 is 26.0 Å². The maximum absolute atomic E-state index is 15.8. The van der Waals surface area contributed by atoms with Crippen LogP contribution in [0.5, 0.6) is 5.75 Å². The summed E-state index contributed by atoms with van der Waals surface area (Å²) in [5.74, 6) is 1.54. The molecule has 6 N–H and O–H groups in total. The lowest BCUT2D eigenvalue weighted by molar-refractivity contribution is 0.101. The molecule has 123 heavy (non-hydrogen) atoms. The molecule has 9 heterocycles. The number of anilines is 4. The fraction of sp³-hybridized carbons (Fsp3) is 0.0392. The quantitative estimate of drug-likeness (QED) is 0.0291. The minimum absolute atomic E-state index is 0.202. The molecule has 0 atom stereocenters. The lowest BCUT2D eigenvalue weighted by atomic mass is 9.80. The molecule has 0 saturated carbocycles. The number of H-pyrrole nitrogens is 2. The maximum Gasteiger partial charge on any atom is 0.274 e. The van der Waals surface area contributed by atoms with E-state index in [1.807, 2.05) is 278 Å². The molecule has 10 aromatic carbocycles. The molecular weight excluding hydrogens is 1530 g/mol. The van der Waals surface area contributed by atoms with Gasteiger partial charge in [0.25, 0.3) is 23.6 Å². The van der Waals surface area contributed by atoms with Crippen molar-refractivity contribution in [3.05, 3.63) is 408 Å². The Labute approximate surface area is 706 Å². The molecule has 2 aliphatic heterocycles. The van der Waals surface area contributed by atoms with Crippen LogP contribution in [-0.2, 0) is 26.2 Å². The summed E-state index contributed by atoms with van der Waals surface area (Å²) in [5, 5.41) is 13.1. The number of aromatic amines is 2. The van der Waals surface area contributed by atoms with Crippen LogP contribution in [0.1, 0.15) is 92.4 Å². The molecule has 0 unspecified atom stereocenters. The molecule has 0 radical (unpaired) electrons. The van der Waals surface area contributed by atoms with Gasteiger partial charge in [0.2, 0.25) is 0 Å². The Morgan fingerprint density at radius 3 is 1.23 bits per heavy atom. The highest BCUT2D eigenvalue weighted by atomic mass is 16.5. The summed E-state index contributed by atoms with van der Waals surface area (Å²) >= 11 is 0. The highest BCUT2D eigenvalue weighted by Gasteiger charge is 2.40. The molecule has 7 aromatic heterocycles. The smallest absolute Gasteiger partial charge is 0.274 e. The first-order chi connectivity index (χ1) is 60.4. The van der Waals surface area contributed by atoms with Gasteiger partial charge in [0.05, 0.1) is 84.3 Å². The van der Waals surface area contributed by atoms with Crippen LogP contribution in [0.25, 0.3) is 108 Å². The van der Waals surface area contributed by atoms with E-state index in [-0.39, 0.29) is 23.4 Å². The van der Waals surface area contributed by atoms with Gasteiger partial charge in [-0.05, 0) is 120 Å². The van der Waals surface area contributed by atoms with Gasteiger partial charge in [0.15, 0.2) is 5.60 Å². The van der Waals surface area contributed by atoms with Gasteiger partial charge < -0.3 is 49.7 Å². The molecule has 19 rings (SSSR count). The second kappa shape index (κ2) is 32.8. The van der Waals surface area contributed by atoms with Crippen LogP contribution in [-0.4, -0.2) is 81.8 Å². The number of hydrogen-bond acceptors (Lipinski definition) is 11. The number of aromatic nitrogens is 12. The number of terminal acetylenes is 1. The molecule has 4 amide bonds. The molecule has 21 heteroatoms. The number of carbonyl (C=O) groups is 4. The normalized spacial score (nSPS) is 11.6. The number of imidazole rings is 4. The first kappa shape index (κ1) is 75.9. The van der Waals surface area contributed by atoms with Gasteiger partial charge in [-0.25, -0.2) is 29.9 Å². The lowest BCUT2D eigenvalue weighted by Gasteiger charge is -2.37. The molecule has 0 spiro atoms. The van der Waals surface area contributed by atoms with Crippen molar-refractivity contribution in [2.45, 2.75) is 12.1 Å². The SMILES string of the molecule is C#Cc1ccc(-c2cncn2Cc2cccc(C(=O)Nc3ccccc3-c3c4nc(c(-c5ccccc5NC(=O)c5cncn5C)c5ccc([nH]5)c(-c5ccccc5NC(=O)c5cncn5C)c5nc(c(-c6ccccc6NC(=O)c6cncn6-c6ccccc6OC(c6ccccc6)(c6ccccc6)c6ccccc6)c6ccc3[nH]6)C=C5)C=C4)c2)cc1. The summed E-state index contributed by atoms with van der Waals surface area (Å²) < 4.78 is 14.7. The molecule has 592 valence electrons. The number of nitrogens with zero attached hydrogens (tertiary/aromatic N) is 10. The topological polar surface area (TPSA) is 254 Å². The molecule has 17 aromatic rings. The van der Waals surface area contributed by atoms with Crippen LogP contribution in [0.15, 0.2) is 335 Å². The number of benzene rings is 10. The minimum atomic E-state index is -1.17. The molecule has 2 aliphatic rings. The fourth-order valence-corrected chi connectivity index (χ4v) is 16.2. The Kier molecular flexibility index (Phi) is 20.2. The van der Waals surface area contributed by atoms with Gasteiger partial charge in [0, 0.05) is 138 Å². The summed E-state index contributed by atoms with van der Waals surface area (Å²) in [7, 11) is 3.52. The largest absolute Gasteiger partial charge is 0.471 e. The van der Waals surface area contributed by atoms with Crippen molar-refractivity contribution in [2.24, 2.45) is 14.1 Å². The van der Waals surface area contributed by atoms with E-state index >= 15 is 9.59 Å². The van der Waals surface area contributed by atoms with E-state index in [0.717, 1.165) is 39.1 Å². The Morgan fingerprint density at radius 1 is 0.398 bits per heavy atom. The van der Waals surface area contributed by atoms with Crippen LogP contribution in [0.4, 0.5) is 22.7 Å². The average Bonchev–Trinajstić information content (AvgIpc) is 1.50. The van der Waals surface area contributed by atoms with Crippen molar-refractivity contribution in [1.29, 1.82) is 0 Å². The molecule has 0 aliphatic carbocycles. The third-order valence-electron chi connectivity index (χ3n) is 22.0. The number of para-hydroxylation sites is 6. The van der Waals surface area contributed by atoms with E-state index in [0.29, 0.717) is 147 Å². The minimum Gasteiger partial charge on any atom is -0.471 e. The van der Waals surface area contributed by atoms with Crippen LogP contribution >= 0.6 is 0 Å². The monoisotopic (exact) mass is 1600 g/mol. The predicted molar refractivity (Wildman–Crippen MR) is 483 cm³/mol. The number of amides is 4. The summed E-state index contributed by atoms with van der Waals surface area (Å²) in [5.41, 5.74) is 17.8. The van der Waals surface area contributed by atoms with Gasteiger partial charge in [-0.3, -0.25) is 23.7 Å². The third-order valence-corrected chi connectivity index (χ3v) is 22.0. The van der Waals surface area contributed by atoms with Gasteiger partial charge in [0.1, 0.15) is 22.8 Å². The van der Waals surface area contributed by atoms with E-state index in [2.05, 4.69) is 93.5 Å². The Balaban J connectivity index is 0.793. The van der Waals surface area contributed by atoms with Crippen molar-refractivity contribution in [3.63, 3.8) is 0 Å². The van der Waals surface area contributed by atoms with Gasteiger partial charge in [-0.1, -0.05) is 206 Å². The van der Waals surface area contributed by atoms with E-state index in [1.54, 1.807) is 59.2 Å². The standard InChI is InChI=1S/C102H74N16O5/c1-4-65-43-45-67(46-44-65)89-56-105-63-117(89)60-66-25-24-26-68(55-66)98(119)111-76-37-18-14-33-72(76)94-80-47-49-82(107-80)95(73-34-15-19-38-77(73)112-99(120)90-57-103-61-115(90)2)83-51-52-84(109-83)96(74-35-16-20-39-78(74)113-100(121)91-58-104-62-116(91)3)85-53-54-87(110-85)97(86-50-48-81(94)108-86)75-36-17-21-40-79(75)114-101(122)92-59-106-64-118(92)88-41-22-23-42-93(88)123-102(69-27-8-5-9-28-69,70-29-10-6-11-30-70)71-31-12-7-13-32-71/h1,5-59,61-64,108-109H,60H2,2-3H3,(H,111,119)(H,112,120)(H,113,121)(H,114,122). The number of nitrogens with one attached hydrogen (secondary N) is 6. The zero-order chi connectivity index (χ0) is 83.5. The summed E-state index contributed by atoms with van der Waals surface area (Å²) in [6.45, 7) is 0.419. The van der Waals surface area contributed by atoms with Gasteiger partial charge in [-0.15, -0.1) is 6.42 Å². The van der Waals surface area contributed by atoms with Crippen molar-refractivity contribution in [1.82, 2.24) is 58.1 Å². The highest BCUT2D eigenvalue weighted by molar-refractivity contribution is 6.12. The highest BCUT2D eigenvalue weighted by Crippen LogP contribution is 2.47. The van der Waals surface area contributed by atoms with Crippen LogP contribution in [0.3, 0.4) is 0 Å². The molecule has 21 nitrogen and oxygen atoms in total. The van der Waals surface area contributed by atoms with Gasteiger partial charge in [-0.2, -0.15) is 0 Å². The number of carbonyl (C=O) groups excluding carboxylic acids is 4. The summed E-state index contributed by atoms with van der Waals surface area (Å²) in [4.78, 5) is 96.6. The Hall–Kier alpha value is -17.1. The number of hydrogen-bond donors (Lipinski definition) is 6. The van der Waals surface area contributed by atoms with E-state index < -0.39 is 11.5 Å².